The van der Waals surface area contributed by atoms with Crippen LogP contribution in [-0.2, 0) is 4.79 Å². The van der Waals surface area contributed by atoms with Crippen molar-refractivity contribution in [1.29, 1.82) is 0 Å². The first-order chi connectivity index (χ1) is 7.24. The van der Waals surface area contributed by atoms with Gasteiger partial charge in [0, 0.05) is 18.5 Å². The highest BCUT2D eigenvalue weighted by atomic mass is 35.5. The summed E-state index contributed by atoms with van der Waals surface area (Å²) in [5.74, 6) is 2.11. The van der Waals surface area contributed by atoms with Crippen molar-refractivity contribution < 1.29 is 4.79 Å². The maximum Gasteiger partial charge on any atom is 0.223 e. The van der Waals surface area contributed by atoms with Gasteiger partial charge in [-0.2, -0.15) is 0 Å². The first kappa shape index (κ1) is 13.8. The molecule has 3 nitrogen and oxygen atoms in total. The molecule has 0 spiro atoms. The summed E-state index contributed by atoms with van der Waals surface area (Å²) in [6.07, 6.45) is 5.23. The van der Waals surface area contributed by atoms with Gasteiger partial charge in [-0.3, -0.25) is 4.79 Å². The smallest absolute Gasteiger partial charge is 0.223 e. The fourth-order valence-corrected chi connectivity index (χ4v) is 2.85. The van der Waals surface area contributed by atoms with Gasteiger partial charge in [0.2, 0.25) is 5.91 Å². The molecular formula is C12H23ClN2O. The molecule has 0 saturated heterocycles. The van der Waals surface area contributed by atoms with Crippen LogP contribution in [0.15, 0.2) is 0 Å². The molecule has 0 heterocycles. The first-order valence-electron chi connectivity index (χ1n) is 6.19. The van der Waals surface area contributed by atoms with Crippen LogP contribution in [0.3, 0.4) is 0 Å². The molecule has 2 saturated carbocycles. The van der Waals surface area contributed by atoms with Crippen LogP contribution < -0.4 is 10.6 Å². The van der Waals surface area contributed by atoms with E-state index in [1.807, 2.05) is 7.05 Å². The Labute approximate surface area is 104 Å². The van der Waals surface area contributed by atoms with E-state index in [1.54, 1.807) is 0 Å². The highest BCUT2D eigenvalue weighted by Crippen LogP contribution is 2.55. The summed E-state index contributed by atoms with van der Waals surface area (Å²) < 4.78 is 0. The second-order valence-electron chi connectivity index (χ2n) is 5.07. The Hall–Kier alpha value is -0.280. The molecule has 0 radical (unpaired) electrons. The van der Waals surface area contributed by atoms with Crippen molar-refractivity contribution >= 4 is 18.3 Å². The van der Waals surface area contributed by atoms with E-state index in [4.69, 9.17) is 0 Å². The zero-order chi connectivity index (χ0) is 10.8. The van der Waals surface area contributed by atoms with Gasteiger partial charge in [-0.05, 0) is 38.6 Å². The number of carbonyl (C=O) groups is 1. The number of hydrogen-bond donors (Lipinski definition) is 2. The highest BCUT2D eigenvalue weighted by molar-refractivity contribution is 5.85. The van der Waals surface area contributed by atoms with E-state index in [0.29, 0.717) is 17.9 Å². The van der Waals surface area contributed by atoms with E-state index < -0.39 is 0 Å². The van der Waals surface area contributed by atoms with Crippen LogP contribution in [0.1, 0.15) is 32.6 Å². The molecule has 0 bridgehead atoms. The number of nitrogens with one attached hydrogen (secondary N) is 2. The summed E-state index contributed by atoms with van der Waals surface area (Å²) in [4.78, 5) is 11.9. The molecule has 16 heavy (non-hydrogen) atoms. The third-order valence-electron chi connectivity index (χ3n) is 4.03. The number of carbonyl (C=O) groups excluding carboxylic acids is 1. The van der Waals surface area contributed by atoms with E-state index in [9.17, 15) is 4.79 Å². The number of amides is 1. The summed E-state index contributed by atoms with van der Waals surface area (Å²) in [6, 6.07) is 0.370. The van der Waals surface area contributed by atoms with Gasteiger partial charge in [0.15, 0.2) is 0 Å². The van der Waals surface area contributed by atoms with Gasteiger partial charge in [-0.15, -0.1) is 12.4 Å². The van der Waals surface area contributed by atoms with Crippen LogP contribution >= 0.6 is 12.4 Å². The van der Waals surface area contributed by atoms with E-state index in [-0.39, 0.29) is 12.4 Å². The van der Waals surface area contributed by atoms with Crippen molar-refractivity contribution in [3.8, 4) is 0 Å². The summed E-state index contributed by atoms with van der Waals surface area (Å²) in [5.41, 5.74) is 0. The molecule has 0 aliphatic heterocycles. The lowest BCUT2D eigenvalue weighted by atomic mass is 10.0. The molecule has 3 unspecified atom stereocenters. The molecular weight excluding hydrogens is 224 g/mol. The van der Waals surface area contributed by atoms with Gasteiger partial charge in [0.1, 0.15) is 0 Å². The van der Waals surface area contributed by atoms with Crippen molar-refractivity contribution in [2.45, 2.75) is 38.6 Å². The summed E-state index contributed by atoms with van der Waals surface area (Å²) >= 11 is 0. The van der Waals surface area contributed by atoms with E-state index in [0.717, 1.165) is 18.4 Å². The van der Waals surface area contributed by atoms with E-state index >= 15 is 0 Å². The average Bonchev–Trinajstić information content (AvgIpc) is 2.99. The van der Waals surface area contributed by atoms with Crippen molar-refractivity contribution in [2.24, 2.45) is 17.8 Å². The van der Waals surface area contributed by atoms with Crippen LogP contribution in [0, 0.1) is 17.8 Å². The largest absolute Gasteiger partial charge is 0.354 e. The second-order valence-corrected chi connectivity index (χ2v) is 5.07. The minimum absolute atomic E-state index is 0. The molecule has 4 heteroatoms. The summed E-state index contributed by atoms with van der Waals surface area (Å²) in [7, 11) is 1.92. The Morgan fingerprint density at radius 1 is 1.31 bits per heavy atom. The van der Waals surface area contributed by atoms with Crippen molar-refractivity contribution in [3.63, 3.8) is 0 Å². The van der Waals surface area contributed by atoms with Crippen LogP contribution in [0.5, 0.6) is 0 Å². The topological polar surface area (TPSA) is 41.1 Å². The molecule has 94 valence electrons. The third-order valence-corrected chi connectivity index (χ3v) is 4.03. The highest BCUT2D eigenvalue weighted by Gasteiger charge is 2.54. The Morgan fingerprint density at radius 2 is 1.88 bits per heavy atom. The van der Waals surface area contributed by atoms with Gasteiger partial charge in [-0.25, -0.2) is 0 Å². The molecule has 2 rings (SSSR count). The SMILES string of the molecule is CNC(C)CNC(=O)C1C2CCCCC21.Cl. The van der Waals surface area contributed by atoms with Crippen LogP contribution in [-0.4, -0.2) is 25.5 Å². The lowest BCUT2D eigenvalue weighted by Crippen LogP contribution is -2.38. The predicted molar refractivity (Wildman–Crippen MR) is 67.7 cm³/mol. The Morgan fingerprint density at radius 3 is 2.38 bits per heavy atom. The Bertz CT molecular complexity index is 235. The maximum atomic E-state index is 11.9. The normalized spacial score (nSPS) is 33.2. The van der Waals surface area contributed by atoms with Gasteiger partial charge >= 0.3 is 0 Å². The monoisotopic (exact) mass is 246 g/mol. The summed E-state index contributed by atoms with van der Waals surface area (Å²) in [6.45, 7) is 2.84. The lowest BCUT2D eigenvalue weighted by Gasteiger charge is -2.11. The molecule has 0 aromatic rings. The molecule has 2 N–H and O–H groups in total. The second kappa shape index (κ2) is 5.87. The molecule has 3 atom stereocenters. The lowest BCUT2D eigenvalue weighted by molar-refractivity contribution is -0.122. The number of fused-ring (bicyclic) bond motifs is 1. The average molecular weight is 247 g/mol. The fourth-order valence-electron chi connectivity index (χ4n) is 2.85. The van der Waals surface area contributed by atoms with Crippen LogP contribution in [0.4, 0.5) is 0 Å². The zero-order valence-corrected chi connectivity index (χ0v) is 11.0. The van der Waals surface area contributed by atoms with Gasteiger partial charge < -0.3 is 10.6 Å². The summed E-state index contributed by atoms with van der Waals surface area (Å²) in [5, 5.41) is 6.18. The Kier molecular flexibility index (Phi) is 5.06. The van der Waals surface area contributed by atoms with Gasteiger partial charge in [0.25, 0.3) is 0 Å². The molecule has 0 aromatic heterocycles. The van der Waals surface area contributed by atoms with E-state index in [2.05, 4.69) is 17.6 Å². The molecule has 2 aliphatic carbocycles. The number of rotatable bonds is 4. The van der Waals surface area contributed by atoms with Crippen LogP contribution in [0.25, 0.3) is 0 Å². The Balaban J connectivity index is 0.00000128. The molecule has 0 aromatic carbocycles. The van der Waals surface area contributed by atoms with Gasteiger partial charge in [-0.1, -0.05) is 12.8 Å². The number of hydrogen-bond acceptors (Lipinski definition) is 2. The van der Waals surface area contributed by atoms with Crippen molar-refractivity contribution in [3.05, 3.63) is 0 Å². The minimum Gasteiger partial charge on any atom is -0.354 e. The quantitative estimate of drug-likeness (QED) is 0.791. The third kappa shape index (κ3) is 2.89. The fraction of sp³-hybridized carbons (Fsp3) is 0.917. The predicted octanol–water partition coefficient (Wildman–Crippen LogP) is 1.57. The minimum atomic E-state index is 0. The van der Waals surface area contributed by atoms with Gasteiger partial charge in [0.05, 0.1) is 0 Å². The zero-order valence-electron chi connectivity index (χ0n) is 10.2. The standard InChI is InChI=1S/C12H22N2O.ClH/c1-8(13-2)7-14-12(15)11-9-5-3-4-6-10(9)11;/h8-11,13H,3-7H2,1-2H3,(H,14,15);1H. The molecule has 1 amide bonds. The number of likely N-dealkylation sites (N-methyl/N-ethyl adjacent to an activating group) is 1. The molecule has 2 aliphatic rings. The first-order valence-corrected chi connectivity index (χ1v) is 6.19. The number of halogens is 1. The van der Waals surface area contributed by atoms with Crippen molar-refractivity contribution in [2.75, 3.05) is 13.6 Å². The van der Waals surface area contributed by atoms with Crippen molar-refractivity contribution in [1.82, 2.24) is 10.6 Å². The maximum absolute atomic E-state index is 11.9. The van der Waals surface area contributed by atoms with E-state index in [1.165, 1.54) is 25.7 Å². The molecule has 2 fully saturated rings. The van der Waals surface area contributed by atoms with Crippen LogP contribution in [0.2, 0.25) is 0 Å².